The molecule has 0 saturated heterocycles. The molecule has 1 heterocycles. The van der Waals surface area contributed by atoms with Crippen molar-refractivity contribution >= 4 is 23.1 Å². The van der Waals surface area contributed by atoms with Crippen LogP contribution in [0.1, 0.15) is 15.9 Å². The Bertz CT molecular complexity index is 526. The van der Waals surface area contributed by atoms with Gasteiger partial charge < -0.3 is 5.73 Å². The summed E-state index contributed by atoms with van der Waals surface area (Å²) < 4.78 is 0. The molecule has 0 unspecified atom stereocenters. The van der Waals surface area contributed by atoms with Gasteiger partial charge in [0.25, 0.3) is 0 Å². The van der Waals surface area contributed by atoms with Gasteiger partial charge in [0.1, 0.15) is 0 Å². The Morgan fingerprint density at radius 1 is 1.19 bits per heavy atom. The van der Waals surface area contributed by atoms with Crippen molar-refractivity contribution in [2.24, 2.45) is 0 Å². The molecule has 3 nitrogen and oxygen atoms in total. The summed E-state index contributed by atoms with van der Waals surface area (Å²) in [7, 11) is 0. The van der Waals surface area contributed by atoms with E-state index in [1.54, 1.807) is 42.7 Å². The molecule has 4 heteroatoms. The Labute approximate surface area is 97.9 Å². The highest BCUT2D eigenvalue weighted by Crippen LogP contribution is 2.24. The van der Waals surface area contributed by atoms with Gasteiger partial charge in [-0.2, -0.15) is 0 Å². The number of anilines is 1. The summed E-state index contributed by atoms with van der Waals surface area (Å²) in [6.07, 6.45) is 3.13. The quantitative estimate of drug-likeness (QED) is 0.640. The van der Waals surface area contributed by atoms with Crippen molar-refractivity contribution < 1.29 is 4.79 Å². The van der Waals surface area contributed by atoms with Crippen LogP contribution in [0.4, 0.5) is 5.69 Å². The van der Waals surface area contributed by atoms with E-state index < -0.39 is 0 Å². The Balaban J connectivity index is 2.46. The summed E-state index contributed by atoms with van der Waals surface area (Å²) in [5, 5.41) is 0.389. The minimum atomic E-state index is -0.151. The van der Waals surface area contributed by atoms with E-state index in [-0.39, 0.29) is 5.78 Å². The van der Waals surface area contributed by atoms with Gasteiger partial charge in [0.05, 0.1) is 10.7 Å². The lowest BCUT2D eigenvalue weighted by atomic mass is 10.0. The zero-order chi connectivity index (χ0) is 11.5. The van der Waals surface area contributed by atoms with Gasteiger partial charge in [-0.1, -0.05) is 17.7 Å². The second kappa shape index (κ2) is 4.33. The highest BCUT2D eigenvalue weighted by atomic mass is 35.5. The molecule has 0 aliphatic heterocycles. The number of ketones is 1. The maximum Gasteiger partial charge on any atom is 0.195 e. The Kier molecular flexibility index (Phi) is 2.88. The molecule has 0 aliphatic rings. The smallest absolute Gasteiger partial charge is 0.195 e. The molecule has 0 radical (unpaired) electrons. The summed E-state index contributed by atoms with van der Waals surface area (Å²) in [4.78, 5) is 15.9. The highest BCUT2D eigenvalue weighted by Gasteiger charge is 2.13. The van der Waals surface area contributed by atoms with Crippen LogP contribution in [-0.4, -0.2) is 10.8 Å². The van der Waals surface area contributed by atoms with Crippen molar-refractivity contribution in [3.8, 4) is 0 Å². The minimum absolute atomic E-state index is 0.151. The summed E-state index contributed by atoms with van der Waals surface area (Å²) in [6.45, 7) is 0. The molecule has 2 N–H and O–H groups in total. The molecule has 80 valence electrons. The average molecular weight is 233 g/mol. The fourth-order valence-electron chi connectivity index (χ4n) is 1.39. The molecule has 0 spiro atoms. The van der Waals surface area contributed by atoms with Crippen LogP contribution >= 0.6 is 11.6 Å². The predicted molar refractivity (Wildman–Crippen MR) is 63.5 cm³/mol. The number of carbonyl (C=O) groups is 1. The van der Waals surface area contributed by atoms with Gasteiger partial charge >= 0.3 is 0 Å². The lowest BCUT2D eigenvalue weighted by Crippen LogP contribution is -2.05. The first-order valence-corrected chi connectivity index (χ1v) is 5.06. The molecule has 2 aromatic rings. The van der Waals surface area contributed by atoms with Crippen LogP contribution in [0.15, 0.2) is 42.7 Å². The average Bonchev–Trinajstić information content (AvgIpc) is 2.33. The first kappa shape index (κ1) is 10.6. The number of halogens is 1. The van der Waals surface area contributed by atoms with Gasteiger partial charge in [-0.15, -0.1) is 0 Å². The molecule has 0 fully saturated rings. The van der Waals surface area contributed by atoms with Crippen molar-refractivity contribution in [3.63, 3.8) is 0 Å². The molecule has 0 amide bonds. The lowest BCUT2D eigenvalue weighted by Gasteiger charge is -2.05. The molecule has 0 atom stereocenters. The maximum absolute atomic E-state index is 12.1. The second-order valence-corrected chi connectivity index (χ2v) is 3.67. The summed E-state index contributed by atoms with van der Waals surface area (Å²) in [6, 6.07) is 8.29. The van der Waals surface area contributed by atoms with Crippen molar-refractivity contribution in [2.45, 2.75) is 0 Å². The molecule has 0 bridgehead atoms. The summed E-state index contributed by atoms with van der Waals surface area (Å²) in [5.74, 6) is -0.151. The van der Waals surface area contributed by atoms with E-state index in [4.69, 9.17) is 17.3 Å². The number of carbonyl (C=O) groups excluding carboxylic acids is 1. The fraction of sp³-hybridized carbons (Fsp3) is 0. The van der Waals surface area contributed by atoms with Gasteiger partial charge in [-0.3, -0.25) is 9.78 Å². The minimum Gasteiger partial charge on any atom is -0.397 e. The standard InChI is InChI=1S/C12H9ClN2O/c13-10-3-1-2-9(11(10)14)12(16)8-4-6-15-7-5-8/h1-7H,14H2. The number of nitrogens with zero attached hydrogens (tertiary/aromatic N) is 1. The third-order valence-electron chi connectivity index (χ3n) is 2.24. The zero-order valence-corrected chi connectivity index (χ0v) is 9.11. The van der Waals surface area contributed by atoms with Crippen LogP contribution in [-0.2, 0) is 0 Å². The van der Waals surface area contributed by atoms with Gasteiger partial charge in [-0.25, -0.2) is 0 Å². The Morgan fingerprint density at radius 3 is 2.56 bits per heavy atom. The van der Waals surface area contributed by atoms with E-state index in [1.807, 2.05) is 0 Å². The van der Waals surface area contributed by atoms with E-state index in [0.717, 1.165) is 0 Å². The van der Waals surface area contributed by atoms with Crippen LogP contribution in [0.5, 0.6) is 0 Å². The molecule has 0 aliphatic carbocycles. The van der Waals surface area contributed by atoms with E-state index in [9.17, 15) is 4.79 Å². The van der Waals surface area contributed by atoms with Crippen LogP contribution < -0.4 is 5.73 Å². The monoisotopic (exact) mass is 232 g/mol. The molecule has 1 aromatic heterocycles. The Morgan fingerprint density at radius 2 is 1.88 bits per heavy atom. The van der Waals surface area contributed by atoms with Gasteiger partial charge in [-0.05, 0) is 24.3 Å². The summed E-state index contributed by atoms with van der Waals surface area (Å²) >= 11 is 5.86. The fourth-order valence-corrected chi connectivity index (χ4v) is 1.57. The number of pyridine rings is 1. The first-order valence-electron chi connectivity index (χ1n) is 4.69. The number of hydrogen-bond acceptors (Lipinski definition) is 3. The normalized spacial score (nSPS) is 10.1. The van der Waals surface area contributed by atoms with Crippen molar-refractivity contribution in [1.82, 2.24) is 4.98 Å². The number of aromatic nitrogens is 1. The molecule has 1 aromatic carbocycles. The topological polar surface area (TPSA) is 56.0 Å². The number of nitrogen functional groups attached to an aromatic ring is 1. The van der Waals surface area contributed by atoms with E-state index >= 15 is 0 Å². The van der Waals surface area contributed by atoms with Crippen LogP contribution in [0.25, 0.3) is 0 Å². The second-order valence-electron chi connectivity index (χ2n) is 3.27. The Hall–Kier alpha value is -1.87. The van der Waals surface area contributed by atoms with Gasteiger partial charge in [0.15, 0.2) is 5.78 Å². The van der Waals surface area contributed by atoms with Crippen LogP contribution in [0.2, 0.25) is 5.02 Å². The van der Waals surface area contributed by atoms with Gasteiger partial charge in [0.2, 0.25) is 0 Å². The number of para-hydroxylation sites is 1. The maximum atomic E-state index is 12.1. The molecule has 2 rings (SSSR count). The predicted octanol–water partition coefficient (Wildman–Crippen LogP) is 2.55. The van der Waals surface area contributed by atoms with Crippen molar-refractivity contribution in [3.05, 3.63) is 58.9 Å². The van der Waals surface area contributed by atoms with E-state index in [1.165, 1.54) is 0 Å². The van der Waals surface area contributed by atoms with E-state index in [0.29, 0.717) is 21.8 Å². The molecule has 16 heavy (non-hydrogen) atoms. The van der Waals surface area contributed by atoms with Gasteiger partial charge in [0, 0.05) is 23.5 Å². The van der Waals surface area contributed by atoms with Crippen LogP contribution in [0.3, 0.4) is 0 Å². The first-order chi connectivity index (χ1) is 7.70. The number of benzene rings is 1. The third kappa shape index (κ3) is 1.90. The number of nitrogens with two attached hydrogens (primary N) is 1. The van der Waals surface area contributed by atoms with E-state index in [2.05, 4.69) is 4.98 Å². The lowest BCUT2D eigenvalue weighted by molar-refractivity contribution is 0.103. The highest BCUT2D eigenvalue weighted by molar-refractivity contribution is 6.34. The number of rotatable bonds is 2. The van der Waals surface area contributed by atoms with Crippen LogP contribution in [0, 0.1) is 0 Å². The van der Waals surface area contributed by atoms with Crippen molar-refractivity contribution in [1.29, 1.82) is 0 Å². The molecule has 0 saturated carbocycles. The van der Waals surface area contributed by atoms with Crippen molar-refractivity contribution in [2.75, 3.05) is 5.73 Å². The molecular weight excluding hydrogens is 224 g/mol. The molecular formula is C12H9ClN2O. The zero-order valence-electron chi connectivity index (χ0n) is 8.35. The summed E-state index contributed by atoms with van der Waals surface area (Å²) in [5.41, 5.74) is 7.02. The number of hydrogen-bond donors (Lipinski definition) is 1. The largest absolute Gasteiger partial charge is 0.397 e. The third-order valence-corrected chi connectivity index (χ3v) is 2.57. The SMILES string of the molecule is Nc1c(Cl)cccc1C(=O)c1ccncc1.